The Kier molecular flexibility index (Phi) is 5.07. The van der Waals surface area contributed by atoms with E-state index in [0.717, 1.165) is 38.2 Å². The summed E-state index contributed by atoms with van der Waals surface area (Å²) in [4.78, 5) is 0. The maximum atomic E-state index is 6.00. The fourth-order valence-corrected chi connectivity index (χ4v) is 3.33. The molecule has 0 spiro atoms. The van der Waals surface area contributed by atoms with Crippen molar-refractivity contribution in [2.45, 2.75) is 63.5 Å². The maximum Gasteiger partial charge on any atom is 0.112 e. The summed E-state index contributed by atoms with van der Waals surface area (Å²) < 4.78 is 11.8. The van der Waals surface area contributed by atoms with Crippen LogP contribution in [0.25, 0.3) is 0 Å². The monoisotopic (exact) mass is 253 g/mol. The minimum absolute atomic E-state index is 0.0668. The lowest BCUT2D eigenvalue weighted by atomic mass is 9.84. The lowest BCUT2D eigenvalue weighted by Crippen LogP contribution is -2.53. The van der Waals surface area contributed by atoms with E-state index in [9.17, 15) is 0 Å². The molecule has 0 amide bonds. The van der Waals surface area contributed by atoms with Crippen LogP contribution >= 0.6 is 0 Å². The van der Waals surface area contributed by atoms with E-state index in [1.54, 1.807) is 0 Å². The fourth-order valence-electron chi connectivity index (χ4n) is 3.33. The van der Waals surface area contributed by atoms with Crippen molar-refractivity contribution in [1.29, 1.82) is 0 Å². The number of hydrogen-bond donors (Lipinski definition) is 1. The van der Waals surface area contributed by atoms with Crippen LogP contribution in [0, 0.1) is 0 Å². The zero-order chi connectivity index (χ0) is 12.8. The molecule has 1 aliphatic carbocycles. The van der Waals surface area contributed by atoms with E-state index < -0.39 is 0 Å². The largest absolute Gasteiger partial charge is 0.496 e. The van der Waals surface area contributed by atoms with Crippen molar-refractivity contribution in [2.24, 2.45) is 0 Å². The van der Waals surface area contributed by atoms with Crippen LogP contribution in [0.15, 0.2) is 11.8 Å². The third-order valence-electron chi connectivity index (χ3n) is 4.31. The standard InChI is InChI=1S/C15H27NO2/c1-3-16-14(13-9-8-12-18-13)15(17-2)10-6-4-5-7-11-15/h9,14,16H,3-8,10-12H2,1-2H3. The number of rotatable bonds is 5. The van der Waals surface area contributed by atoms with Crippen molar-refractivity contribution in [1.82, 2.24) is 5.32 Å². The number of ether oxygens (including phenoxy) is 2. The quantitative estimate of drug-likeness (QED) is 0.764. The summed E-state index contributed by atoms with van der Waals surface area (Å²) in [5.41, 5.74) is -0.0668. The van der Waals surface area contributed by atoms with Crippen LogP contribution < -0.4 is 5.32 Å². The van der Waals surface area contributed by atoms with E-state index in [1.807, 2.05) is 7.11 Å². The molecule has 2 rings (SSSR count). The molecule has 3 heteroatoms. The first-order valence-corrected chi connectivity index (χ1v) is 7.44. The minimum Gasteiger partial charge on any atom is -0.496 e. The van der Waals surface area contributed by atoms with Gasteiger partial charge in [0.1, 0.15) is 5.76 Å². The molecule has 1 saturated carbocycles. The molecule has 0 radical (unpaired) electrons. The molecule has 1 atom stereocenters. The molecule has 1 unspecified atom stereocenters. The van der Waals surface area contributed by atoms with Crippen molar-refractivity contribution >= 4 is 0 Å². The van der Waals surface area contributed by atoms with Crippen molar-refractivity contribution < 1.29 is 9.47 Å². The van der Waals surface area contributed by atoms with E-state index in [2.05, 4.69) is 18.3 Å². The minimum atomic E-state index is -0.0668. The van der Waals surface area contributed by atoms with Gasteiger partial charge in [0, 0.05) is 13.5 Å². The second-order valence-electron chi connectivity index (χ2n) is 5.42. The molecule has 0 bridgehead atoms. The van der Waals surface area contributed by atoms with Gasteiger partial charge in [-0.25, -0.2) is 0 Å². The van der Waals surface area contributed by atoms with E-state index in [0.29, 0.717) is 0 Å². The Balaban J connectivity index is 2.18. The topological polar surface area (TPSA) is 30.5 Å². The van der Waals surface area contributed by atoms with Crippen LogP contribution in [0.3, 0.4) is 0 Å². The third kappa shape index (κ3) is 2.89. The Morgan fingerprint density at radius 3 is 2.56 bits per heavy atom. The van der Waals surface area contributed by atoms with Crippen molar-refractivity contribution in [2.75, 3.05) is 20.3 Å². The van der Waals surface area contributed by atoms with Gasteiger partial charge in [-0.2, -0.15) is 0 Å². The Bertz CT molecular complexity index is 280. The van der Waals surface area contributed by atoms with Crippen LogP contribution in [-0.2, 0) is 9.47 Å². The molecular formula is C15H27NO2. The summed E-state index contributed by atoms with van der Waals surface area (Å²) in [6, 6.07) is 0.230. The summed E-state index contributed by atoms with van der Waals surface area (Å²) in [6.45, 7) is 3.94. The highest BCUT2D eigenvalue weighted by atomic mass is 16.5. The zero-order valence-corrected chi connectivity index (χ0v) is 11.8. The predicted octanol–water partition coefficient (Wildman–Crippen LogP) is 3.01. The molecule has 2 aliphatic rings. The van der Waals surface area contributed by atoms with Gasteiger partial charge in [-0.1, -0.05) is 32.6 Å². The Hall–Kier alpha value is -0.540. The first-order chi connectivity index (χ1) is 8.82. The molecular weight excluding hydrogens is 226 g/mol. The summed E-state index contributed by atoms with van der Waals surface area (Å²) in [7, 11) is 1.87. The van der Waals surface area contributed by atoms with Gasteiger partial charge in [-0.15, -0.1) is 0 Å². The SMILES string of the molecule is CCNC(C1=CCCO1)C1(OC)CCCCCC1. The van der Waals surface area contributed by atoms with Gasteiger partial charge in [0.05, 0.1) is 18.2 Å². The first-order valence-electron chi connectivity index (χ1n) is 7.44. The molecule has 0 aromatic heterocycles. The van der Waals surface area contributed by atoms with E-state index in [4.69, 9.17) is 9.47 Å². The third-order valence-corrected chi connectivity index (χ3v) is 4.31. The van der Waals surface area contributed by atoms with E-state index >= 15 is 0 Å². The first kappa shape index (κ1) is 13.9. The molecule has 1 aliphatic heterocycles. The molecule has 1 heterocycles. The molecule has 0 aromatic rings. The second kappa shape index (κ2) is 6.58. The zero-order valence-electron chi connectivity index (χ0n) is 11.8. The number of nitrogens with one attached hydrogen (secondary N) is 1. The van der Waals surface area contributed by atoms with Crippen LogP contribution in [0.1, 0.15) is 51.9 Å². The van der Waals surface area contributed by atoms with Crippen LogP contribution in [0.2, 0.25) is 0 Å². The van der Waals surface area contributed by atoms with E-state index in [1.165, 1.54) is 25.7 Å². The Morgan fingerprint density at radius 1 is 1.33 bits per heavy atom. The number of likely N-dealkylation sites (N-methyl/N-ethyl adjacent to an activating group) is 1. The van der Waals surface area contributed by atoms with Crippen molar-refractivity contribution in [3.63, 3.8) is 0 Å². The average molecular weight is 253 g/mol. The highest BCUT2D eigenvalue weighted by Crippen LogP contribution is 2.36. The molecule has 1 N–H and O–H groups in total. The molecule has 0 saturated heterocycles. The summed E-state index contributed by atoms with van der Waals surface area (Å²) >= 11 is 0. The summed E-state index contributed by atoms with van der Waals surface area (Å²) in [5, 5.41) is 3.60. The number of hydrogen-bond acceptors (Lipinski definition) is 3. The molecule has 18 heavy (non-hydrogen) atoms. The van der Waals surface area contributed by atoms with Crippen LogP contribution in [-0.4, -0.2) is 31.9 Å². The van der Waals surface area contributed by atoms with Crippen molar-refractivity contribution in [3.8, 4) is 0 Å². The lowest BCUT2D eigenvalue weighted by Gasteiger charge is -2.39. The van der Waals surface area contributed by atoms with Gasteiger partial charge in [-0.05, 0) is 25.5 Å². The van der Waals surface area contributed by atoms with Gasteiger partial charge < -0.3 is 14.8 Å². The fraction of sp³-hybridized carbons (Fsp3) is 0.867. The maximum absolute atomic E-state index is 6.00. The van der Waals surface area contributed by atoms with Gasteiger partial charge in [0.2, 0.25) is 0 Å². The average Bonchev–Trinajstić information content (AvgIpc) is 2.81. The smallest absolute Gasteiger partial charge is 0.112 e. The highest BCUT2D eigenvalue weighted by molar-refractivity contribution is 5.15. The second-order valence-corrected chi connectivity index (χ2v) is 5.42. The molecule has 0 aromatic carbocycles. The molecule has 3 nitrogen and oxygen atoms in total. The number of methoxy groups -OCH3 is 1. The Morgan fingerprint density at radius 2 is 2.06 bits per heavy atom. The van der Waals surface area contributed by atoms with Crippen molar-refractivity contribution in [3.05, 3.63) is 11.8 Å². The predicted molar refractivity (Wildman–Crippen MR) is 73.6 cm³/mol. The summed E-state index contributed by atoms with van der Waals surface area (Å²) in [5.74, 6) is 1.11. The van der Waals surface area contributed by atoms with Crippen LogP contribution in [0.5, 0.6) is 0 Å². The van der Waals surface area contributed by atoms with E-state index in [-0.39, 0.29) is 11.6 Å². The summed E-state index contributed by atoms with van der Waals surface area (Å²) in [6.07, 6.45) is 10.8. The lowest BCUT2D eigenvalue weighted by molar-refractivity contribution is -0.0541. The van der Waals surface area contributed by atoms with Gasteiger partial charge >= 0.3 is 0 Å². The molecule has 104 valence electrons. The van der Waals surface area contributed by atoms with Gasteiger partial charge in [0.25, 0.3) is 0 Å². The van der Waals surface area contributed by atoms with Crippen LogP contribution in [0.4, 0.5) is 0 Å². The molecule has 1 fully saturated rings. The normalized spacial score (nSPS) is 25.1. The Labute approximate surface area is 111 Å². The highest BCUT2D eigenvalue weighted by Gasteiger charge is 2.42. The van der Waals surface area contributed by atoms with Gasteiger partial charge in [0.15, 0.2) is 0 Å². The van der Waals surface area contributed by atoms with Gasteiger partial charge in [-0.3, -0.25) is 0 Å².